The molecule has 0 amide bonds. The summed E-state index contributed by atoms with van der Waals surface area (Å²) < 4.78 is 47.1. The van der Waals surface area contributed by atoms with Crippen molar-refractivity contribution in [3.05, 3.63) is 0 Å². The number of rotatable bonds is 9. The van der Waals surface area contributed by atoms with Crippen LogP contribution in [0, 0.1) is 11.8 Å². The lowest BCUT2D eigenvalue weighted by atomic mass is 9.49. The Bertz CT molecular complexity index is 500. The van der Waals surface area contributed by atoms with Crippen molar-refractivity contribution < 1.29 is 32.6 Å². The Hall–Kier alpha value is 0.185. The van der Waals surface area contributed by atoms with E-state index >= 15 is 0 Å². The fourth-order valence-electron chi connectivity index (χ4n) is 4.06. The molecule has 2 aliphatic heterocycles. The van der Waals surface area contributed by atoms with Crippen molar-refractivity contribution in [2.24, 2.45) is 11.8 Å². The van der Waals surface area contributed by atoms with Gasteiger partial charge >= 0.3 is 7.60 Å². The van der Waals surface area contributed by atoms with Crippen molar-refractivity contribution in [2.75, 3.05) is 34.1 Å². The summed E-state index contributed by atoms with van der Waals surface area (Å²) in [6.45, 7) is 6.31. The Morgan fingerprint density at radius 3 is 2.35 bits per heavy atom. The van der Waals surface area contributed by atoms with E-state index < -0.39 is 7.60 Å². The highest BCUT2D eigenvalue weighted by Gasteiger charge is 2.45. The van der Waals surface area contributed by atoms with Gasteiger partial charge in [-0.15, -0.1) is 0 Å². The zero-order valence-electron chi connectivity index (χ0n) is 17.0. The molecule has 0 N–H and O–H groups in total. The highest BCUT2D eigenvalue weighted by atomic mass is 31.2. The summed E-state index contributed by atoms with van der Waals surface area (Å²) in [5, 5.41) is 0. The Kier molecular flexibility index (Phi) is 8.29. The van der Waals surface area contributed by atoms with E-state index in [1.165, 1.54) is 6.66 Å². The third kappa shape index (κ3) is 5.16. The molecule has 0 spiro atoms. The quantitative estimate of drug-likeness (QED) is 0.379. The summed E-state index contributed by atoms with van der Waals surface area (Å²) >= 11 is 0. The molecule has 11 heteroatoms. The predicted octanol–water partition coefficient (Wildman–Crippen LogP) is -0.788. The molecule has 148 valence electrons. The van der Waals surface area contributed by atoms with Crippen LogP contribution in [0.2, 0.25) is 0 Å². The molecule has 0 radical (unpaired) electrons. The third-order valence-corrected chi connectivity index (χ3v) is 6.81. The van der Waals surface area contributed by atoms with E-state index in [9.17, 15) is 4.57 Å². The van der Waals surface area contributed by atoms with Crippen molar-refractivity contribution in [1.82, 2.24) is 0 Å². The molecule has 2 fully saturated rings. The second-order valence-electron chi connectivity index (χ2n) is 7.51. The highest BCUT2D eigenvalue weighted by Crippen LogP contribution is 2.49. The number of methoxy groups -OCH3 is 2. The van der Waals surface area contributed by atoms with Crippen molar-refractivity contribution in [3.63, 3.8) is 0 Å². The third-order valence-electron chi connectivity index (χ3n) is 5.57. The van der Waals surface area contributed by atoms with Crippen LogP contribution < -0.4 is 0 Å². The van der Waals surface area contributed by atoms with Crippen LogP contribution in [0.25, 0.3) is 0 Å². The van der Waals surface area contributed by atoms with Gasteiger partial charge in [-0.3, -0.25) is 4.57 Å². The molecule has 0 aromatic rings. The summed E-state index contributed by atoms with van der Waals surface area (Å²) in [6.07, 6.45) is -0.676. The average molecular weight is 388 g/mol. The molecule has 0 saturated carbocycles. The maximum atomic E-state index is 12.9. The van der Waals surface area contributed by atoms with Crippen LogP contribution in [-0.2, 0) is 32.6 Å². The van der Waals surface area contributed by atoms with E-state index in [4.69, 9.17) is 28.0 Å². The highest BCUT2D eigenvalue weighted by molar-refractivity contribution is 7.53. The van der Waals surface area contributed by atoms with Gasteiger partial charge in [-0.25, -0.2) is 0 Å². The molecule has 0 aromatic heterocycles. The molecular formula is C15H32B3O7P. The summed E-state index contributed by atoms with van der Waals surface area (Å²) in [4.78, 5) is 0. The van der Waals surface area contributed by atoms with E-state index in [1.54, 1.807) is 14.2 Å². The number of hydrogen-bond acceptors (Lipinski definition) is 7. The standard InChI is InChI=1S/C15H32B3O7P/c1-8-10(6-20-3)23-14(16)13(8)25-26(5,19)22-7-11-12(21-4)9(2)15(18-17)24-11/h8-15,18H,6-7,16-17H2,1-5H3/t8?,9-,10+,11+,12?,13-,14+,15+,26?/m0/s1. The first kappa shape index (κ1) is 22.5. The van der Waals surface area contributed by atoms with Gasteiger partial charge in [-0.2, -0.15) is 0 Å². The van der Waals surface area contributed by atoms with Crippen LogP contribution in [0.3, 0.4) is 0 Å². The largest absolute Gasteiger partial charge is 0.382 e. The lowest BCUT2D eigenvalue weighted by Gasteiger charge is -2.26. The second kappa shape index (κ2) is 9.59. The van der Waals surface area contributed by atoms with Crippen molar-refractivity contribution in [3.8, 4) is 0 Å². The smallest absolute Gasteiger partial charge is 0.328 e. The fourth-order valence-corrected chi connectivity index (χ4v) is 5.34. The maximum Gasteiger partial charge on any atom is 0.328 e. The molecule has 0 aromatic carbocycles. The van der Waals surface area contributed by atoms with Crippen molar-refractivity contribution >= 4 is 30.3 Å². The molecule has 9 atom stereocenters. The molecule has 7 nitrogen and oxygen atoms in total. The Labute approximate surface area is 159 Å². The molecular weight excluding hydrogens is 356 g/mol. The summed E-state index contributed by atoms with van der Waals surface area (Å²) in [6, 6.07) is -0.0373. The molecule has 0 bridgehead atoms. The first-order chi connectivity index (χ1) is 12.2. The van der Waals surface area contributed by atoms with Gasteiger partial charge in [-0.1, -0.05) is 13.8 Å². The van der Waals surface area contributed by atoms with E-state index in [-0.39, 0.29) is 54.9 Å². The first-order valence-corrected chi connectivity index (χ1v) is 11.5. The molecule has 2 saturated heterocycles. The number of ether oxygens (including phenoxy) is 4. The fraction of sp³-hybridized carbons (Fsp3) is 1.00. The lowest BCUT2D eigenvalue weighted by Crippen LogP contribution is -2.32. The minimum absolute atomic E-state index is 0.0674. The monoisotopic (exact) mass is 388 g/mol. The molecule has 2 rings (SSSR count). The lowest BCUT2D eigenvalue weighted by molar-refractivity contribution is -0.0225. The second-order valence-corrected chi connectivity index (χ2v) is 9.52. The number of hydrogen-bond donors (Lipinski definition) is 0. The van der Waals surface area contributed by atoms with Gasteiger partial charge in [0, 0.05) is 38.7 Å². The zero-order valence-corrected chi connectivity index (χ0v) is 17.9. The first-order valence-electron chi connectivity index (χ1n) is 9.47. The Balaban J connectivity index is 1.91. The van der Waals surface area contributed by atoms with Gasteiger partial charge in [0.2, 0.25) is 0 Å². The molecule has 2 aliphatic rings. The zero-order chi connectivity index (χ0) is 19.5. The maximum absolute atomic E-state index is 12.9. The van der Waals surface area contributed by atoms with Crippen LogP contribution >= 0.6 is 7.60 Å². The van der Waals surface area contributed by atoms with Gasteiger partial charge in [0.1, 0.15) is 21.1 Å². The summed E-state index contributed by atoms with van der Waals surface area (Å²) in [5.74, 6) is 0.342. The predicted molar refractivity (Wildman–Crippen MR) is 107 cm³/mol. The van der Waals surface area contributed by atoms with Gasteiger partial charge in [0.05, 0.1) is 45.3 Å². The molecule has 26 heavy (non-hydrogen) atoms. The van der Waals surface area contributed by atoms with Crippen molar-refractivity contribution in [2.45, 2.75) is 50.3 Å². The summed E-state index contributed by atoms with van der Waals surface area (Å²) in [5.41, 5.74) is 0. The minimum atomic E-state index is -3.26. The van der Waals surface area contributed by atoms with Crippen molar-refractivity contribution in [1.29, 1.82) is 0 Å². The van der Waals surface area contributed by atoms with Crippen LogP contribution in [0.1, 0.15) is 13.8 Å². The van der Waals surface area contributed by atoms with E-state index in [0.717, 1.165) is 7.17 Å². The van der Waals surface area contributed by atoms with Gasteiger partial charge < -0.3 is 28.0 Å². The summed E-state index contributed by atoms with van der Waals surface area (Å²) in [7, 11) is 4.98. The average Bonchev–Trinajstić information content (AvgIpc) is 3.04. The normalized spacial score (nSPS) is 42.7. The van der Waals surface area contributed by atoms with Crippen LogP contribution in [0.5, 0.6) is 0 Å². The molecule has 0 aliphatic carbocycles. The van der Waals surface area contributed by atoms with E-state index in [0.29, 0.717) is 6.61 Å². The van der Waals surface area contributed by atoms with E-state index in [2.05, 4.69) is 14.7 Å². The topological polar surface area (TPSA) is 72.5 Å². The molecule has 2 heterocycles. The van der Waals surface area contributed by atoms with Crippen LogP contribution in [0.4, 0.5) is 0 Å². The SMILES string of the molecule is BB[C@@H]1O[C@H](COP(C)(=O)O[C@H]2C(C)[C@@H](COC)O[C@H]2B)C(OC)[C@@H]1C. The van der Waals surface area contributed by atoms with Gasteiger partial charge in [0.15, 0.2) is 0 Å². The molecule has 3 unspecified atom stereocenters. The van der Waals surface area contributed by atoms with Gasteiger partial charge in [0.25, 0.3) is 0 Å². The van der Waals surface area contributed by atoms with E-state index in [1.807, 2.05) is 14.8 Å². The Morgan fingerprint density at radius 2 is 1.77 bits per heavy atom. The van der Waals surface area contributed by atoms with Gasteiger partial charge in [-0.05, 0) is 0 Å². The van der Waals surface area contributed by atoms with Crippen LogP contribution in [-0.4, -0.2) is 93.3 Å². The van der Waals surface area contributed by atoms with Crippen LogP contribution in [0.15, 0.2) is 0 Å². The Morgan fingerprint density at radius 1 is 1.08 bits per heavy atom. The minimum Gasteiger partial charge on any atom is -0.382 e.